The first kappa shape index (κ1) is 35.2. The molecule has 0 unspecified atom stereocenters. The molecular formula is C44H40N2O8. The van der Waals surface area contributed by atoms with Crippen molar-refractivity contribution in [2.45, 2.75) is 26.7 Å². The maximum absolute atomic E-state index is 13.7. The first-order chi connectivity index (χ1) is 26.4. The van der Waals surface area contributed by atoms with E-state index in [4.69, 9.17) is 28.4 Å². The summed E-state index contributed by atoms with van der Waals surface area (Å²) in [6, 6.07) is 29.6. The van der Waals surface area contributed by atoms with Gasteiger partial charge in [-0.2, -0.15) is 0 Å². The minimum atomic E-state index is -0.593. The van der Waals surface area contributed by atoms with Crippen molar-refractivity contribution in [2.24, 2.45) is 10.8 Å². The fourth-order valence-corrected chi connectivity index (χ4v) is 6.69. The van der Waals surface area contributed by atoms with Gasteiger partial charge < -0.3 is 28.4 Å². The summed E-state index contributed by atoms with van der Waals surface area (Å²) in [7, 11) is 0. The first-order valence-electron chi connectivity index (χ1n) is 18.2. The van der Waals surface area contributed by atoms with Crippen LogP contribution in [0.2, 0.25) is 0 Å². The maximum Gasteiger partial charge on any atom is 0.345 e. The standard InChI is InChI=1S/C44H40N2O8/c1-3-43(23-49-24-43)27-51-37-19-15-31(21-45-37)41(47)53-35-17-13-29-9-5-7-11-33(29)39(35)40-34-12-8-6-10-30(34)14-18-36(40)54-42(48)32-16-20-38(46-22-32)52-28-44(4-2)25-50-26-44/h5-22H,3-4,23-28H2,1-2H3. The second kappa shape index (κ2) is 14.9. The Morgan fingerprint density at radius 2 is 1.00 bits per heavy atom. The van der Waals surface area contributed by atoms with Gasteiger partial charge in [0, 0.05) is 35.7 Å². The van der Waals surface area contributed by atoms with Gasteiger partial charge in [-0.1, -0.05) is 74.5 Å². The highest BCUT2D eigenvalue weighted by Gasteiger charge is 2.38. The summed E-state index contributed by atoms with van der Waals surface area (Å²) in [5.41, 5.74) is 1.73. The number of nitrogens with zero attached hydrogens (tertiary/aromatic N) is 2. The zero-order chi connectivity index (χ0) is 37.1. The Morgan fingerprint density at radius 3 is 1.35 bits per heavy atom. The van der Waals surface area contributed by atoms with Crippen molar-refractivity contribution >= 4 is 33.5 Å². The number of carbonyl (C=O) groups excluding carboxylic acids is 2. The van der Waals surface area contributed by atoms with E-state index in [1.165, 1.54) is 12.4 Å². The number of fused-ring (bicyclic) bond motifs is 2. The molecule has 4 aromatic carbocycles. The predicted octanol–water partition coefficient (Wildman–Crippen LogP) is 8.50. The van der Waals surface area contributed by atoms with Gasteiger partial charge in [0.2, 0.25) is 11.8 Å². The molecule has 0 N–H and O–H groups in total. The van der Waals surface area contributed by atoms with Crippen LogP contribution in [0.1, 0.15) is 47.4 Å². The number of esters is 2. The Kier molecular flexibility index (Phi) is 9.70. The SMILES string of the molecule is CCC1(COc2ccc(C(=O)Oc3ccc4ccccc4c3-c3c(OC(=O)c4ccc(OCC5(CC)COC5)nc4)ccc4ccccc34)cn2)COC1. The monoisotopic (exact) mass is 724 g/mol. The van der Waals surface area contributed by atoms with Crippen LogP contribution in [0, 0.1) is 10.8 Å². The molecule has 8 rings (SSSR count). The van der Waals surface area contributed by atoms with Gasteiger partial charge in [-0.25, -0.2) is 19.6 Å². The largest absolute Gasteiger partial charge is 0.477 e. The maximum atomic E-state index is 13.7. The molecule has 0 aliphatic carbocycles. The van der Waals surface area contributed by atoms with E-state index in [9.17, 15) is 9.59 Å². The highest BCUT2D eigenvalue weighted by atomic mass is 16.5. The lowest BCUT2D eigenvalue weighted by Crippen LogP contribution is -2.46. The molecule has 274 valence electrons. The summed E-state index contributed by atoms with van der Waals surface area (Å²) in [4.78, 5) is 36.2. The number of ether oxygens (including phenoxy) is 6. The number of benzene rings is 4. The first-order valence-corrected chi connectivity index (χ1v) is 18.2. The highest BCUT2D eigenvalue weighted by Crippen LogP contribution is 2.46. The van der Waals surface area contributed by atoms with Crippen LogP contribution < -0.4 is 18.9 Å². The average Bonchev–Trinajstić information content (AvgIpc) is 3.18. The van der Waals surface area contributed by atoms with E-state index in [1.807, 2.05) is 60.7 Å². The molecule has 0 bridgehead atoms. The summed E-state index contributed by atoms with van der Waals surface area (Å²) < 4.78 is 35.0. The van der Waals surface area contributed by atoms with Gasteiger partial charge in [0.05, 0.1) is 61.6 Å². The van der Waals surface area contributed by atoms with Crippen LogP contribution in [0.4, 0.5) is 0 Å². The number of pyridine rings is 2. The van der Waals surface area contributed by atoms with Crippen molar-refractivity contribution < 1.29 is 38.0 Å². The Labute approximate surface area is 313 Å². The second-order valence-corrected chi connectivity index (χ2v) is 14.1. The van der Waals surface area contributed by atoms with Gasteiger partial charge >= 0.3 is 11.9 Å². The molecule has 2 aliphatic rings. The van der Waals surface area contributed by atoms with E-state index in [0.717, 1.165) is 34.4 Å². The molecule has 2 aliphatic heterocycles. The summed E-state index contributed by atoms with van der Waals surface area (Å²) in [5, 5.41) is 3.46. The van der Waals surface area contributed by atoms with E-state index in [-0.39, 0.29) is 22.0 Å². The zero-order valence-corrected chi connectivity index (χ0v) is 30.2. The summed E-state index contributed by atoms with van der Waals surface area (Å²) in [5.74, 6) is 0.256. The molecule has 2 aromatic heterocycles. The van der Waals surface area contributed by atoms with Gasteiger partial charge in [-0.05, 0) is 58.7 Å². The molecule has 10 nitrogen and oxygen atoms in total. The molecule has 0 saturated carbocycles. The third-order valence-electron chi connectivity index (χ3n) is 10.6. The highest BCUT2D eigenvalue weighted by molar-refractivity contribution is 6.11. The minimum absolute atomic E-state index is 0.000547. The third kappa shape index (κ3) is 6.98. The Hall–Kier alpha value is -5.84. The minimum Gasteiger partial charge on any atom is -0.477 e. The Balaban J connectivity index is 1.10. The van der Waals surface area contributed by atoms with Crippen molar-refractivity contribution in [3.05, 3.63) is 121 Å². The zero-order valence-electron chi connectivity index (χ0n) is 30.2. The molecule has 0 atom stereocenters. The van der Waals surface area contributed by atoms with Gasteiger partial charge in [-0.15, -0.1) is 0 Å². The molecule has 2 saturated heterocycles. The van der Waals surface area contributed by atoms with Gasteiger partial charge in [-0.3, -0.25) is 0 Å². The fourth-order valence-electron chi connectivity index (χ4n) is 6.69. The van der Waals surface area contributed by atoms with Crippen LogP contribution in [0.5, 0.6) is 23.3 Å². The smallest absolute Gasteiger partial charge is 0.345 e. The van der Waals surface area contributed by atoms with Crippen LogP contribution in [-0.4, -0.2) is 61.5 Å². The fraction of sp³-hybridized carbons (Fsp3) is 0.273. The number of rotatable bonds is 13. The van der Waals surface area contributed by atoms with E-state index in [2.05, 4.69) is 23.8 Å². The quantitative estimate of drug-likeness (QED) is 0.0848. The Morgan fingerprint density at radius 1 is 0.574 bits per heavy atom. The lowest BCUT2D eigenvalue weighted by molar-refractivity contribution is -0.134. The molecule has 2 fully saturated rings. The molecule has 0 radical (unpaired) electrons. The lowest BCUT2D eigenvalue weighted by atomic mass is 9.84. The Bertz CT molecular complexity index is 2140. The van der Waals surface area contributed by atoms with E-state index in [1.54, 1.807) is 36.4 Å². The number of carbonyl (C=O) groups is 2. The molecule has 54 heavy (non-hydrogen) atoms. The van der Waals surface area contributed by atoms with Crippen LogP contribution >= 0.6 is 0 Å². The lowest BCUT2D eigenvalue weighted by Gasteiger charge is -2.40. The van der Waals surface area contributed by atoms with E-state index < -0.39 is 11.9 Å². The van der Waals surface area contributed by atoms with Crippen LogP contribution in [0.25, 0.3) is 32.7 Å². The van der Waals surface area contributed by atoms with Crippen LogP contribution in [-0.2, 0) is 9.47 Å². The van der Waals surface area contributed by atoms with Gasteiger partial charge in [0.15, 0.2) is 0 Å². The third-order valence-corrected chi connectivity index (χ3v) is 10.6. The number of hydrogen-bond donors (Lipinski definition) is 0. The summed E-state index contributed by atoms with van der Waals surface area (Å²) in [6.45, 7) is 7.86. The number of hydrogen-bond acceptors (Lipinski definition) is 10. The van der Waals surface area contributed by atoms with Gasteiger partial charge in [0.25, 0.3) is 0 Å². The average molecular weight is 725 g/mol. The van der Waals surface area contributed by atoms with Crippen molar-refractivity contribution in [1.29, 1.82) is 0 Å². The topological polar surface area (TPSA) is 115 Å². The van der Waals surface area contributed by atoms with E-state index in [0.29, 0.717) is 74.0 Å². The molecule has 0 spiro atoms. The molecule has 0 amide bonds. The van der Waals surface area contributed by atoms with E-state index >= 15 is 0 Å². The van der Waals surface area contributed by atoms with Gasteiger partial charge in [0.1, 0.15) is 11.5 Å². The molecule has 6 aromatic rings. The van der Waals surface area contributed by atoms with Crippen LogP contribution in [0.3, 0.4) is 0 Å². The second-order valence-electron chi connectivity index (χ2n) is 14.1. The molecule has 10 heteroatoms. The van der Waals surface area contributed by atoms with Crippen LogP contribution in [0.15, 0.2) is 109 Å². The van der Waals surface area contributed by atoms with Crippen molar-refractivity contribution in [1.82, 2.24) is 9.97 Å². The summed E-state index contributed by atoms with van der Waals surface area (Å²) >= 11 is 0. The number of aromatic nitrogens is 2. The normalized spacial score (nSPS) is 15.5. The predicted molar refractivity (Wildman–Crippen MR) is 203 cm³/mol. The molecule has 4 heterocycles. The van der Waals surface area contributed by atoms with Crippen molar-refractivity contribution in [2.75, 3.05) is 39.6 Å². The van der Waals surface area contributed by atoms with Crippen molar-refractivity contribution in [3.63, 3.8) is 0 Å². The van der Waals surface area contributed by atoms with Crippen molar-refractivity contribution in [3.8, 4) is 34.4 Å². The summed E-state index contributed by atoms with van der Waals surface area (Å²) in [6.07, 6.45) is 4.79. The molecular weight excluding hydrogens is 684 g/mol.